The highest BCUT2D eigenvalue weighted by atomic mass is 16.5. The summed E-state index contributed by atoms with van der Waals surface area (Å²) in [6, 6.07) is 6.07. The molecule has 20 heavy (non-hydrogen) atoms. The molecule has 2 atom stereocenters. The van der Waals surface area contributed by atoms with E-state index >= 15 is 0 Å². The Bertz CT molecular complexity index is 487. The molecule has 110 valence electrons. The first kappa shape index (κ1) is 15.0. The maximum atomic E-state index is 12.8. The number of amides is 1. The average molecular weight is 276 g/mol. The number of carbonyl (C=O) groups is 1. The molecule has 2 N–H and O–H groups in total. The van der Waals surface area contributed by atoms with E-state index in [1.807, 2.05) is 36.9 Å². The van der Waals surface area contributed by atoms with E-state index in [-0.39, 0.29) is 18.1 Å². The Morgan fingerprint density at radius 2 is 2.20 bits per heavy atom. The van der Waals surface area contributed by atoms with Gasteiger partial charge in [0.1, 0.15) is 0 Å². The van der Waals surface area contributed by atoms with Crippen molar-refractivity contribution in [3.8, 4) is 0 Å². The van der Waals surface area contributed by atoms with E-state index in [1.54, 1.807) is 7.11 Å². The zero-order valence-corrected chi connectivity index (χ0v) is 12.6. The van der Waals surface area contributed by atoms with Crippen molar-refractivity contribution >= 4 is 5.91 Å². The fourth-order valence-electron chi connectivity index (χ4n) is 2.84. The summed E-state index contributed by atoms with van der Waals surface area (Å²) in [6.07, 6.45) is 1.92. The molecule has 1 aliphatic heterocycles. The minimum Gasteiger partial charge on any atom is -0.381 e. The third kappa shape index (κ3) is 3.02. The Balaban J connectivity index is 2.21. The summed E-state index contributed by atoms with van der Waals surface area (Å²) in [4.78, 5) is 14.7. The van der Waals surface area contributed by atoms with Gasteiger partial charge in [0, 0.05) is 31.8 Å². The highest BCUT2D eigenvalue weighted by Gasteiger charge is 2.31. The van der Waals surface area contributed by atoms with Crippen LogP contribution >= 0.6 is 0 Å². The number of nitrogens with two attached hydrogens (primary N) is 1. The van der Waals surface area contributed by atoms with Crippen molar-refractivity contribution in [2.24, 2.45) is 5.73 Å². The van der Waals surface area contributed by atoms with Gasteiger partial charge in [0.05, 0.1) is 6.10 Å². The molecule has 0 saturated carbocycles. The van der Waals surface area contributed by atoms with Gasteiger partial charge in [-0.2, -0.15) is 0 Å². The molecule has 1 aliphatic rings. The highest BCUT2D eigenvalue weighted by molar-refractivity contribution is 5.96. The molecule has 0 radical (unpaired) electrons. The number of likely N-dealkylation sites (tertiary alicyclic amines) is 1. The summed E-state index contributed by atoms with van der Waals surface area (Å²) >= 11 is 0. The number of aryl methyl sites for hydroxylation is 2. The number of ether oxygens (including phenoxy) is 1. The third-order valence-electron chi connectivity index (χ3n) is 4.16. The molecule has 2 unspecified atom stereocenters. The Hall–Kier alpha value is -1.39. The first-order valence-electron chi connectivity index (χ1n) is 7.18. The SMILES string of the molecule is COC1CCN(C(=O)c2cc(C)ccc2C)C(CN)C1. The fourth-order valence-corrected chi connectivity index (χ4v) is 2.84. The molecular formula is C16H24N2O2. The average Bonchev–Trinajstić information content (AvgIpc) is 2.48. The van der Waals surface area contributed by atoms with Crippen molar-refractivity contribution in [1.82, 2.24) is 4.90 Å². The van der Waals surface area contributed by atoms with E-state index < -0.39 is 0 Å². The predicted octanol–water partition coefficient (Wildman–Crippen LogP) is 1.88. The maximum absolute atomic E-state index is 12.8. The molecule has 1 saturated heterocycles. The number of carbonyl (C=O) groups excluding carboxylic acids is 1. The van der Waals surface area contributed by atoms with Crippen molar-refractivity contribution in [3.05, 3.63) is 34.9 Å². The first-order chi connectivity index (χ1) is 9.56. The molecule has 0 aliphatic carbocycles. The second-order valence-electron chi connectivity index (χ2n) is 5.59. The Kier molecular flexibility index (Phi) is 4.78. The molecule has 4 heteroatoms. The van der Waals surface area contributed by atoms with Gasteiger partial charge in [-0.15, -0.1) is 0 Å². The summed E-state index contributed by atoms with van der Waals surface area (Å²) in [5.41, 5.74) is 8.76. The number of piperidine rings is 1. The maximum Gasteiger partial charge on any atom is 0.254 e. The number of hydrogen-bond donors (Lipinski definition) is 1. The van der Waals surface area contributed by atoms with Crippen LogP contribution in [0.3, 0.4) is 0 Å². The van der Waals surface area contributed by atoms with Crippen molar-refractivity contribution in [1.29, 1.82) is 0 Å². The standard InChI is InChI=1S/C16H24N2O2/c1-11-4-5-12(2)15(8-11)16(19)18-7-6-14(20-3)9-13(18)10-17/h4-5,8,13-14H,6-7,9-10,17H2,1-3H3. The lowest BCUT2D eigenvalue weighted by atomic mass is 9.96. The fraction of sp³-hybridized carbons (Fsp3) is 0.562. The van der Waals surface area contributed by atoms with Crippen LogP contribution in [0.4, 0.5) is 0 Å². The van der Waals surface area contributed by atoms with Gasteiger partial charge in [0.25, 0.3) is 5.91 Å². The van der Waals surface area contributed by atoms with E-state index in [4.69, 9.17) is 10.5 Å². The number of rotatable bonds is 3. The van der Waals surface area contributed by atoms with Gasteiger partial charge in [-0.3, -0.25) is 4.79 Å². The summed E-state index contributed by atoms with van der Waals surface area (Å²) in [7, 11) is 1.72. The summed E-state index contributed by atoms with van der Waals surface area (Å²) in [6.45, 7) is 5.18. The molecule has 0 aromatic heterocycles. The van der Waals surface area contributed by atoms with E-state index in [9.17, 15) is 4.79 Å². The lowest BCUT2D eigenvalue weighted by Gasteiger charge is -2.38. The van der Waals surface area contributed by atoms with E-state index in [2.05, 4.69) is 0 Å². The van der Waals surface area contributed by atoms with E-state index in [1.165, 1.54) is 0 Å². The van der Waals surface area contributed by atoms with Gasteiger partial charge < -0.3 is 15.4 Å². The van der Waals surface area contributed by atoms with Crippen LogP contribution in [0.25, 0.3) is 0 Å². The van der Waals surface area contributed by atoms with Gasteiger partial charge >= 0.3 is 0 Å². The molecular weight excluding hydrogens is 252 g/mol. The minimum atomic E-state index is 0.0705. The molecule has 1 heterocycles. The zero-order valence-electron chi connectivity index (χ0n) is 12.6. The number of nitrogens with zero attached hydrogens (tertiary/aromatic N) is 1. The predicted molar refractivity (Wildman–Crippen MR) is 79.8 cm³/mol. The van der Waals surface area contributed by atoms with Gasteiger partial charge in [0.2, 0.25) is 0 Å². The van der Waals surface area contributed by atoms with Gasteiger partial charge in [0.15, 0.2) is 0 Å². The largest absolute Gasteiger partial charge is 0.381 e. The zero-order chi connectivity index (χ0) is 14.7. The molecule has 4 nitrogen and oxygen atoms in total. The van der Waals surface area contributed by atoms with Crippen molar-refractivity contribution < 1.29 is 9.53 Å². The van der Waals surface area contributed by atoms with Crippen molar-refractivity contribution in [2.45, 2.75) is 38.8 Å². The summed E-state index contributed by atoms with van der Waals surface area (Å²) < 4.78 is 5.41. The molecule has 1 aromatic rings. The number of benzene rings is 1. The van der Waals surface area contributed by atoms with Crippen LogP contribution < -0.4 is 5.73 Å². The van der Waals surface area contributed by atoms with Gasteiger partial charge in [-0.25, -0.2) is 0 Å². The smallest absolute Gasteiger partial charge is 0.254 e. The van der Waals surface area contributed by atoms with Crippen molar-refractivity contribution in [3.63, 3.8) is 0 Å². The van der Waals surface area contributed by atoms with Crippen molar-refractivity contribution in [2.75, 3.05) is 20.2 Å². The molecule has 1 amide bonds. The highest BCUT2D eigenvalue weighted by Crippen LogP contribution is 2.23. The van der Waals surface area contributed by atoms with Crippen LogP contribution in [-0.2, 0) is 4.74 Å². The lowest BCUT2D eigenvalue weighted by Crippen LogP contribution is -2.51. The van der Waals surface area contributed by atoms with Crippen LogP contribution in [0.1, 0.15) is 34.3 Å². The van der Waals surface area contributed by atoms with Gasteiger partial charge in [-0.1, -0.05) is 17.7 Å². The topological polar surface area (TPSA) is 55.6 Å². The molecule has 1 aromatic carbocycles. The Morgan fingerprint density at radius 1 is 1.45 bits per heavy atom. The Labute approximate surface area is 120 Å². The van der Waals surface area contributed by atoms with E-state index in [0.717, 1.165) is 29.5 Å². The van der Waals surface area contributed by atoms with Crippen LogP contribution in [-0.4, -0.2) is 43.2 Å². The second kappa shape index (κ2) is 6.37. The molecule has 0 spiro atoms. The summed E-state index contributed by atoms with van der Waals surface area (Å²) in [5, 5.41) is 0. The van der Waals surface area contributed by atoms with Gasteiger partial charge in [-0.05, 0) is 38.3 Å². The van der Waals surface area contributed by atoms with Crippen LogP contribution in [0, 0.1) is 13.8 Å². The Morgan fingerprint density at radius 3 is 2.85 bits per heavy atom. The first-order valence-corrected chi connectivity index (χ1v) is 7.18. The van der Waals surface area contributed by atoms with E-state index in [0.29, 0.717) is 13.1 Å². The lowest BCUT2D eigenvalue weighted by molar-refractivity contribution is 0.0138. The molecule has 0 bridgehead atoms. The molecule has 2 rings (SSSR count). The second-order valence-corrected chi connectivity index (χ2v) is 5.59. The minimum absolute atomic E-state index is 0.0705. The number of methoxy groups -OCH3 is 1. The quantitative estimate of drug-likeness (QED) is 0.917. The van der Waals surface area contributed by atoms with Crippen LogP contribution in [0.2, 0.25) is 0 Å². The monoisotopic (exact) mass is 276 g/mol. The third-order valence-corrected chi connectivity index (χ3v) is 4.16. The van der Waals surface area contributed by atoms with Crippen LogP contribution in [0.15, 0.2) is 18.2 Å². The number of hydrogen-bond acceptors (Lipinski definition) is 3. The normalized spacial score (nSPS) is 22.9. The summed E-state index contributed by atoms with van der Waals surface area (Å²) in [5.74, 6) is 0.0937. The van der Waals surface area contributed by atoms with Crippen LogP contribution in [0.5, 0.6) is 0 Å². The molecule has 1 fully saturated rings.